The van der Waals surface area contributed by atoms with Gasteiger partial charge in [0.25, 0.3) is 5.91 Å². The van der Waals surface area contributed by atoms with Crippen molar-refractivity contribution < 1.29 is 4.79 Å². The van der Waals surface area contributed by atoms with Crippen LogP contribution >= 0.6 is 11.3 Å². The number of carbonyl (C=O) groups excluding carboxylic acids is 1. The number of nitrogens with one attached hydrogen (secondary N) is 2. The first kappa shape index (κ1) is 26.2. The van der Waals surface area contributed by atoms with E-state index in [2.05, 4.69) is 25.7 Å². The third kappa shape index (κ3) is 5.61. The highest BCUT2D eigenvalue weighted by Gasteiger charge is 2.18. The molecule has 2 aromatic carbocycles. The summed E-state index contributed by atoms with van der Waals surface area (Å²) < 4.78 is 3.78. The normalized spacial score (nSPS) is 11.1. The summed E-state index contributed by atoms with van der Waals surface area (Å²) in [5.74, 6) is 0.321. The second-order valence-corrected chi connectivity index (χ2v) is 11.2. The van der Waals surface area contributed by atoms with Crippen LogP contribution in [0, 0.1) is 6.92 Å². The molecule has 1 amide bonds. The third-order valence-electron chi connectivity index (χ3n) is 6.78. The minimum Gasteiger partial charge on any atom is -0.324 e. The maximum atomic E-state index is 12.8. The highest BCUT2D eigenvalue weighted by atomic mass is 32.1. The molecule has 7 rings (SSSR count). The van der Waals surface area contributed by atoms with E-state index >= 15 is 0 Å². The molecule has 0 saturated heterocycles. The Kier molecular flexibility index (Phi) is 6.89. The third-order valence-corrected chi connectivity index (χ3v) is 7.78. The van der Waals surface area contributed by atoms with Gasteiger partial charge in [0.2, 0.25) is 5.95 Å². The van der Waals surface area contributed by atoms with Crippen LogP contribution < -0.4 is 10.6 Å². The van der Waals surface area contributed by atoms with E-state index < -0.39 is 0 Å². The molecule has 210 valence electrons. The predicted octanol–water partition coefficient (Wildman–Crippen LogP) is 6.46. The molecule has 0 aliphatic carbocycles. The van der Waals surface area contributed by atoms with Gasteiger partial charge in [0.05, 0.1) is 28.5 Å². The molecule has 0 aliphatic heterocycles. The Morgan fingerprint density at radius 2 is 1.84 bits per heavy atom. The summed E-state index contributed by atoms with van der Waals surface area (Å²) in [5.41, 5.74) is 6.51. The average Bonchev–Trinajstić information content (AvgIpc) is 3.78. The molecule has 0 spiro atoms. The minimum absolute atomic E-state index is 0.137. The van der Waals surface area contributed by atoms with Crippen LogP contribution in [0.4, 0.5) is 17.3 Å². The first-order valence-corrected chi connectivity index (χ1v) is 14.4. The predicted molar refractivity (Wildman–Crippen MR) is 168 cm³/mol. The molecule has 2 N–H and O–H groups in total. The molecule has 0 bridgehead atoms. The second-order valence-electron chi connectivity index (χ2n) is 9.87. The lowest BCUT2D eigenvalue weighted by atomic mass is 10.1. The fraction of sp³-hybridized carbons (Fsp3) is 0.0625. The van der Waals surface area contributed by atoms with Crippen LogP contribution in [-0.2, 0) is 6.54 Å². The Balaban J connectivity index is 1.22. The lowest BCUT2D eigenvalue weighted by Crippen LogP contribution is -2.10. The van der Waals surface area contributed by atoms with Crippen LogP contribution in [-0.4, -0.2) is 40.0 Å². The van der Waals surface area contributed by atoms with Gasteiger partial charge in [0, 0.05) is 34.2 Å². The van der Waals surface area contributed by atoms with E-state index in [4.69, 9.17) is 9.97 Å². The smallest absolute Gasteiger partial charge is 0.265 e. The average molecular weight is 584 g/mol. The maximum Gasteiger partial charge on any atom is 0.265 e. The second kappa shape index (κ2) is 11.3. The van der Waals surface area contributed by atoms with Gasteiger partial charge in [0.15, 0.2) is 0 Å². The highest BCUT2D eigenvalue weighted by Crippen LogP contribution is 2.33. The number of aryl methyl sites for hydroxylation is 1. The molecule has 7 aromatic rings. The molecule has 0 radical (unpaired) electrons. The number of fused-ring (bicyclic) bond motifs is 1. The molecule has 0 saturated carbocycles. The van der Waals surface area contributed by atoms with Crippen molar-refractivity contribution in [2.45, 2.75) is 13.5 Å². The number of pyridine rings is 1. The number of hydrogen-bond donors (Lipinski definition) is 2. The number of aromatic nitrogens is 7. The van der Waals surface area contributed by atoms with Crippen LogP contribution in [0.2, 0.25) is 0 Å². The standard InChI is InChI=1S/C32H25N9OS/c1-21-11-12-27(43-21)31(42)36-25-9-5-7-23(17-25)29-30(41-15-3-2-10-28(41)39-29)26-13-14-34-32(38-26)37-24-8-4-6-22(16-24)18-40-20-33-19-35-40/h2-17,19-20H,18H2,1H3,(H,36,42)(H,34,37,38). The van der Waals surface area contributed by atoms with Crippen LogP contribution in [0.15, 0.2) is 110 Å². The van der Waals surface area contributed by atoms with Gasteiger partial charge in [-0.2, -0.15) is 5.10 Å². The molecule has 10 nitrogen and oxygen atoms in total. The van der Waals surface area contributed by atoms with E-state index in [9.17, 15) is 4.79 Å². The summed E-state index contributed by atoms with van der Waals surface area (Å²) in [6, 6.07) is 27.3. The van der Waals surface area contributed by atoms with Gasteiger partial charge in [-0.05, 0) is 67.1 Å². The van der Waals surface area contributed by atoms with Gasteiger partial charge in [-0.15, -0.1) is 11.3 Å². The lowest BCUT2D eigenvalue weighted by Gasteiger charge is -2.10. The van der Waals surface area contributed by atoms with Crippen LogP contribution in [0.1, 0.15) is 20.1 Å². The van der Waals surface area contributed by atoms with Crippen molar-refractivity contribution in [2.75, 3.05) is 10.6 Å². The topological polar surface area (TPSA) is 115 Å². The van der Waals surface area contributed by atoms with Crippen LogP contribution in [0.25, 0.3) is 28.3 Å². The number of amides is 1. The summed E-state index contributed by atoms with van der Waals surface area (Å²) in [5, 5.41) is 10.5. The van der Waals surface area contributed by atoms with Crippen molar-refractivity contribution in [3.8, 4) is 22.6 Å². The summed E-state index contributed by atoms with van der Waals surface area (Å²) in [7, 11) is 0. The fourth-order valence-electron chi connectivity index (χ4n) is 4.86. The van der Waals surface area contributed by atoms with Gasteiger partial charge in [-0.3, -0.25) is 9.20 Å². The van der Waals surface area contributed by atoms with Crippen molar-refractivity contribution in [1.82, 2.24) is 34.1 Å². The van der Waals surface area contributed by atoms with E-state index in [-0.39, 0.29) is 5.91 Å². The van der Waals surface area contributed by atoms with Crippen molar-refractivity contribution >= 4 is 40.2 Å². The summed E-state index contributed by atoms with van der Waals surface area (Å²) in [4.78, 5) is 32.9. The van der Waals surface area contributed by atoms with Crippen molar-refractivity contribution in [3.63, 3.8) is 0 Å². The number of thiophene rings is 1. The number of imidazole rings is 1. The Hall–Kier alpha value is -5.68. The first-order valence-electron chi connectivity index (χ1n) is 13.6. The fourth-order valence-corrected chi connectivity index (χ4v) is 5.63. The van der Waals surface area contributed by atoms with E-state index in [1.807, 2.05) is 102 Å². The highest BCUT2D eigenvalue weighted by molar-refractivity contribution is 7.14. The van der Waals surface area contributed by atoms with Crippen molar-refractivity contribution in [1.29, 1.82) is 0 Å². The molecule has 0 fully saturated rings. The number of anilines is 3. The van der Waals surface area contributed by atoms with E-state index in [0.29, 0.717) is 28.8 Å². The van der Waals surface area contributed by atoms with Crippen LogP contribution in [0.5, 0.6) is 0 Å². The molecule has 0 aliphatic rings. The van der Waals surface area contributed by atoms with Crippen molar-refractivity contribution in [2.24, 2.45) is 0 Å². The molecular weight excluding hydrogens is 558 g/mol. The monoisotopic (exact) mass is 583 g/mol. The van der Waals surface area contributed by atoms with Gasteiger partial charge >= 0.3 is 0 Å². The molecule has 5 aromatic heterocycles. The Labute approximate surface area is 250 Å². The van der Waals surface area contributed by atoms with E-state index in [0.717, 1.165) is 38.7 Å². The Morgan fingerprint density at radius 1 is 0.930 bits per heavy atom. The summed E-state index contributed by atoms with van der Waals surface area (Å²) >= 11 is 1.47. The molecule has 43 heavy (non-hydrogen) atoms. The minimum atomic E-state index is -0.137. The lowest BCUT2D eigenvalue weighted by molar-refractivity contribution is 0.103. The number of carbonyl (C=O) groups is 1. The summed E-state index contributed by atoms with van der Waals surface area (Å²) in [6.45, 7) is 2.59. The first-order chi connectivity index (χ1) is 21.1. The molecule has 11 heteroatoms. The van der Waals surface area contributed by atoms with Gasteiger partial charge < -0.3 is 10.6 Å². The molecule has 0 unspecified atom stereocenters. The zero-order chi connectivity index (χ0) is 29.2. The number of rotatable bonds is 8. The SMILES string of the molecule is Cc1ccc(C(=O)Nc2cccc(-c3nc4ccccn4c3-c3ccnc(Nc4cccc(Cn5cncn5)c4)n3)c2)s1. The maximum absolute atomic E-state index is 12.8. The quantitative estimate of drug-likeness (QED) is 0.211. The summed E-state index contributed by atoms with van der Waals surface area (Å²) in [6.07, 6.45) is 6.91. The zero-order valence-electron chi connectivity index (χ0n) is 23.0. The number of hydrogen-bond acceptors (Lipinski definition) is 8. The molecule has 5 heterocycles. The molecule has 0 atom stereocenters. The van der Waals surface area contributed by atoms with Gasteiger partial charge in [0.1, 0.15) is 18.3 Å². The van der Waals surface area contributed by atoms with Crippen LogP contribution in [0.3, 0.4) is 0 Å². The Morgan fingerprint density at radius 3 is 2.70 bits per heavy atom. The number of nitrogens with zero attached hydrogens (tertiary/aromatic N) is 7. The Bertz CT molecular complexity index is 2060. The van der Waals surface area contributed by atoms with E-state index in [1.54, 1.807) is 17.2 Å². The number of benzene rings is 2. The molecular formula is C32H25N9OS. The van der Waals surface area contributed by atoms with Gasteiger partial charge in [-0.1, -0.05) is 30.3 Å². The van der Waals surface area contributed by atoms with Crippen molar-refractivity contribution in [3.05, 3.63) is 125 Å². The largest absolute Gasteiger partial charge is 0.324 e. The zero-order valence-corrected chi connectivity index (χ0v) is 23.9. The van der Waals surface area contributed by atoms with Gasteiger partial charge in [-0.25, -0.2) is 24.6 Å². The van der Waals surface area contributed by atoms with E-state index in [1.165, 1.54) is 17.7 Å².